The molecule has 1 heterocycles. The van der Waals surface area contributed by atoms with E-state index in [4.69, 9.17) is 11.6 Å². The Morgan fingerprint density at radius 1 is 1.14 bits per heavy atom. The molecule has 1 amide bonds. The zero-order valence-electron chi connectivity index (χ0n) is 20.4. The molecule has 1 fully saturated rings. The van der Waals surface area contributed by atoms with E-state index in [0.717, 1.165) is 17.7 Å². The van der Waals surface area contributed by atoms with Crippen LogP contribution in [0.25, 0.3) is 0 Å². The highest BCUT2D eigenvalue weighted by molar-refractivity contribution is 7.89. The number of nitrogens with zero attached hydrogens (tertiary/aromatic N) is 1. The minimum absolute atomic E-state index is 0.0241. The molecule has 0 saturated carbocycles. The Labute approximate surface area is 217 Å². The van der Waals surface area contributed by atoms with Crippen molar-refractivity contribution in [1.29, 1.82) is 0 Å². The lowest BCUT2D eigenvalue weighted by molar-refractivity contribution is -0.140. The number of rotatable bonds is 11. The van der Waals surface area contributed by atoms with Crippen LogP contribution in [0.1, 0.15) is 38.2 Å². The number of likely N-dealkylation sites (tertiary alicyclic amines) is 1. The van der Waals surface area contributed by atoms with E-state index in [1.54, 1.807) is 12.1 Å². The number of sulfonamides is 1. The van der Waals surface area contributed by atoms with Crippen LogP contribution in [0.5, 0.6) is 0 Å². The minimum atomic E-state index is -3.69. The molecule has 1 aliphatic rings. The number of ether oxygens (including phenoxy) is 1. The highest BCUT2D eigenvalue weighted by atomic mass is 35.5. The fourth-order valence-corrected chi connectivity index (χ4v) is 5.52. The predicted molar refractivity (Wildman–Crippen MR) is 140 cm³/mol. The Morgan fingerprint density at radius 2 is 1.83 bits per heavy atom. The van der Waals surface area contributed by atoms with Gasteiger partial charge in [-0.05, 0) is 61.2 Å². The van der Waals surface area contributed by atoms with Gasteiger partial charge >= 0.3 is 5.97 Å². The summed E-state index contributed by atoms with van der Waals surface area (Å²) < 4.78 is 33.4. The summed E-state index contributed by atoms with van der Waals surface area (Å²) >= 11 is 5.90. The van der Waals surface area contributed by atoms with E-state index < -0.39 is 10.0 Å². The number of esters is 1. The van der Waals surface area contributed by atoms with Crippen molar-refractivity contribution in [1.82, 2.24) is 9.62 Å². The van der Waals surface area contributed by atoms with Gasteiger partial charge in [-0.15, -0.1) is 0 Å². The van der Waals surface area contributed by atoms with Gasteiger partial charge in [0.15, 0.2) is 0 Å². The van der Waals surface area contributed by atoms with Crippen molar-refractivity contribution < 1.29 is 22.7 Å². The number of unbranched alkanes of at least 4 members (excludes halogenated alkanes) is 1. The number of methoxy groups -OCH3 is 1. The lowest BCUT2D eigenvalue weighted by Crippen LogP contribution is -2.37. The summed E-state index contributed by atoms with van der Waals surface area (Å²) in [6, 6.07) is 13.5. The van der Waals surface area contributed by atoms with Crippen molar-refractivity contribution in [3.8, 4) is 0 Å². The predicted octanol–water partition coefficient (Wildman–Crippen LogP) is 4.12. The van der Waals surface area contributed by atoms with Gasteiger partial charge in [-0.3, -0.25) is 14.5 Å². The molecular weight excluding hydrogens is 502 g/mol. The quantitative estimate of drug-likeness (QED) is 0.256. The monoisotopic (exact) mass is 533 g/mol. The van der Waals surface area contributed by atoms with Gasteiger partial charge in [0.25, 0.3) is 0 Å². The van der Waals surface area contributed by atoms with Crippen molar-refractivity contribution in [2.45, 2.75) is 56.1 Å². The maximum atomic E-state index is 12.9. The lowest BCUT2D eigenvalue weighted by atomic mass is 10.1. The number of nitrogens with one attached hydrogen (secondary N) is 2. The van der Waals surface area contributed by atoms with Crippen molar-refractivity contribution in [3.63, 3.8) is 0 Å². The number of hydrogen-bond donors (Lipinski definition) is 2. The van der Waals surface area contributed by atoms with Crippen LogP contribution in [0.2, 0.25) is 5.02 Å². The molecule has 0 bridgehead atoms. The van der Waals surface area contributed by atoms with Gasteiger partial charge in [-0.1, -0.05) is 35.9 Å². The van der Waals surface area contributed by atoms with Crippen LogP contribution in [-0.4, -0.2) is 50.9 Å². The first-order chi connectivity index (χ1) is 17.2. The number of halogens is 1. The van der Waals surface area contributed by atoms with E-state index in [1.807, 2.05) is 30.3 Å². The fourth-order valence-electron chi connectivity index (χ4n) is 4.15. The molecule has 2 aromatic rings. The highest BCUT2D eigenvalue weighted by Gasteiger charge is 2.33. The van der Waals surface area contributed by atoms with Crippen LogP contribution >= 0.6 is 11.6 Å². The number of carbonyl (C=O) groups excluding carboxylic acids is 2. The van der Waals surface area contributed by atoms with E-state index in [2.05, 4.69) is 25.8 Å². The Balaban J connectivity index is 1.69. The molecule has 8 nitrogen and oxygen atoms in total. The second kappa shape index (κ2) is 13.0. The lowest BCUT2D eigenvalue weighted by Gasteiger charge is -2.22. The molecule has 2 N–H and O–H groups in total. The van der Waals surface area contributed by atoms with E-state index in [1.165, 1.54) is 26.2 Å². The number of anilines is 1. The summed E-state index contributed by atoms with van der Waals surface area (Å²) in [5.41, 5.74) is 1.78. The molecule has 0 spiro atoms. The van der Waals surface area contributed by atoms with Crippen LogP contribution in [0.4, 0.5) is 5.69 Å². The molecule has 0 radical (unpaired) electrons. The average molecular weight is 534 g/mol. The summed E-state index contributed by atoms with van der Waals surface area (Å²) in [5.74, 6) is -0.360. The number of amides is 1. The molecule has 1 aliphatic heterocycles. The number of hydrogen-bond acceptors (Lipinski definition) is 6. The first kappa shape index (κ1) is 27.9. The topological polar surface area (TPSA) is 105 Å². The first-order valence-electron chi connectivity index (χ1n) is 11.8. The molecule has 36 heavy (non-hydrogen) atoms. The molecule has 0 aromatic heterocycles. The second-order valence-corrected chi connectivity index (χ2v) is 10.9. The maximum absolute atomic E-state index is 12.9. The molecule has 1 saturated heterocycles. The van der Waals surface area contributed by atoms with Crippen molar-refractivity contribution in [2.24, 2.45) is 0 Å². The molecule has 2 aromatic carbocycles. The van der Waals surface area contributed by atoms with Crippen LogP contribution in [0, 0.1) is 0 Å². The average Bonchev–Trinajstić information content (AvgIpc) is 3.19. The van der Waals surface area contributed by atoms with Crippen LogP contribution in [-0.2, 0) is 30.9 Å². The van der Waals surface area contributed by atoms with Gasteiger partial charge in [-0.2, -0.15) is 0 Å². The van der Waals surface area contributed by atoms with Gasteiger partial charge in [-0.25, -0.2) is 13.1 Å². The van der Waals surface area contributed by atoms with Gasteiger partial charge in [0.05, 0.1) is 12.0 Å². The second-order valence-electron chi connectivity index (χ2n) is 8.78. The molecule has 0 aliphatic carbocycles. The molecule has 194 valence electrons. The summed E-state index contributed by atoms with van der Waals surface area (Å²) in [7, 11) is -2.31. The maximum Gasteiger partial charge on any atom is 0.305 e. The van der Waals surface area contributed by atoms with Crippen molar-refractivity contribution in [2.75, 3.05) is 19.0 Å². The summed E-state index contributed by atoms with van der Waals surface area (Å²) in [6.07, 6.45) is 6.51. The third-order valence-corrected chi connectivity index (χ3v) is 7.68. The van der Waals surface area contributed by atoms with E-state index in [0.29, 0.717) is 37.4 Å². The highest BCUT2D eigenvalue weighted by Crippen LogP contribution is 2.25. The Hall–Kier alpha value is -2.72. The molecule has 10 heteroatoms. The Bertz CT molecular complexity index is 1170. The standard InChI is InChI=1S/C26H32ClN3O5S/c1-19(31)28-22-12-8-20(9-13-22)17-30-18-23(16-24(30)6-4-3-5-7-26(32)35-2)29-36(33,34)25-14-10-21(27)11-15-25/h4,6,8-15,23-24,29H,3,5,7,16-18H2,1-2H3,(H,28,31)/t23-,24-/m1/s1. The minimum Gasteiger partial charge on any atom is -0.469 e. The van der Waals surface area contributed by atoms with Crippen molar-refractivity contribution in [3.05, 3.63) is 71.3 Å². The SMILES string of the molecule is COC(=O)CCCC=C[C@@H]1C[C@@H](NS(=O)(=O)c2ccc(Cl)cc2)CN1Cc1ccc(NC(C)=O)cc1. The van der Waals surface area contributed by atoms with Crippen LogP contribution < -0.4 is 10.0 Å². The Morgan fingerprint density at radius 3 is 2.47 bits per heavy atom. The van der Waals surface area contributed by atoms with Crippen LogP contribution in [0.3, 0.4) is 0 Å². The summed E-state index contributed by atoms with van der Waals surface area (Å²) in [6.45, 7) is 2.62. The zero-order valence-corrected chi connectivity index (χ0v) is 22.0. The third-order valence-electron chi connectivity index (χ3n) is 5.89. The molecule has 3 rings (SSSR count). The largest absolute Gasteiger partial charge is 0.469 e. The van der Waals surface area contributed by atoms with Crippen LogP contribution in [0.15, 0.2) is 65.6 Å². The van der Waals surface area contributed by atoms with Gasteiger partial charge in [0, 0.05) is 49.2 Å². The van der Waals surface area contributed by atoms with E-state index in [9.17, 15) is 18.0 Å². The fraction of sp³-hybridized carbons (Fsp3) is 0.385. The van der Waals surface area contributed by atoms with Gasteiger partial charge in [0.2, 0.25) is 15.9 Å². The number of allylic oxidation sites excluding steroid dienone is 1. The smallest absolute Gasteiger partial charge is 0.305 e. The first-order valence-corrected chi connectivity index (χ1v) is 13.6. The number of benzene rings is 2. The summed E-state index contributed by atoms with van der Waals surface area (Å²) in [4.78, 5) is 25.0. The number of carbonyl (C=O) groups is 2. The molecule has 0 unspecified atom stereocenters. The molecule has 2 atom stereocenters. The normalized spacial score (nSPS) is 18.4. The third kappa shape index (κ3) is 8.44. The summed E-state index contributed by atoms with van der Waals surface area (Å²) in [5, 5.41) is 3.23. The van der Waals surface area contributed by atoms with Crippen molar-refractivity contribution >= 4 is 39.2 Å². The zero-order chi connectivity index (χ0) is 26.1. The molecular formula is C26H32ClN3O5S. The van der Waals surface area contributed by atoms with Gasteiger partial charge in [0.1, 0.15) is 0 Å². The van der Waals surface area contributed by atoms with E-state index >= 15 is 0 Å². The van der Waals surface area contributed by atoms with E-state index in [-0.39, 0.29) is 28.9 Å². The Kier molecular flexibility index (Phi) is 10.1. The van der Waals surface area contributed by atoms with Gasteiger partial charge < -0.3 is 10.1 Å².